The molecule has 1 aliphatic carbocycles. The molecular weight excluding hydrogens is 177 g/mol. The van der Waals surface area contributed by atoms with Gasteiger partial charge in [-0.1, -0.05) is 0 Å². The third-order valence-electron chi connectivity index (χ3n) is 2.96. The molecule has 0 saturated carbocycles. The van der Waals surface area contributed by atoms with Gasteiger partial charge in [0, 0.05) is 6.04 Å². The second kappa shape index (κ2) is 3.70. The number of aryl methyl sites for hydroxylation is 1. The highest BCUT2D eigenvalue weighted by atomic mass is 19.1. The molecule has 0 aliphatic heterocycles. The van der Waals surface area contributed by atoms with Crippen LogP contribution < -0.4 is 5.73 Å². The number of hydrogen-bond donors (Lipinski definition) is 1. The monoisotopic (exact) mass is 193 g/mol. The Hall–Kier alpha value is -0.890. The normalized spacial score (nSPS) is 17.6. The van der Waals surface area contributed by atoms with Gasteiger partial charge in [0.1, 0.15) is 5.82 Å². The van der Waals surface area contributed by atoms with Crippen molar-refractivity contribution in [1.29, 1.82) is 0 Å². The van der Waals surface area contributed by atoms with Crippen LogP contribution in [0.3, 0.4) is 0 Å². The first-order chi connectivity index (χ1) is 6.68. The molecule has 76 valence electrons. The minimum absolute atomic E-state index is 0.0578. The summed E-state index contributed by atoms with van der Waals surface area (Å²) in [7, 11) is 0. The van der Waals surface area contributed by atoms with E-state index in [1.54, 1.807) is 12.1 Å². The van der Waals surface area contributed by atoms with Gasteiger partial charge in [-0.25, -0.2) is 4.39 Å². The fraction of sp³-hybridized carbons (Fsp3) is 0.500. The molecule has 1 aromatic rings. The molecule has 1 aromatic carbocycles. The Kier molecular flexibility index (Phi) is 2.55. The smallest absolute Gasteiger partial charge is 0.123 e. The lowest BCUT2D eigenvalue weighted by Crippen LogP contribution is -2.13. The van der Waals surface area contributed by atoms with Gasteiger partial charge in [-0.2, -0.15) is 0 Å². The van der Waals surface area contributed by atoms with Crippen LogP contribution in [0.2, 0.25) is 0 Å². The lowest BCUT2D eigenvalue weighted by Gasteiger charge is -2.21. The summed E-state index contributed by atoms with van der Waals surface area (Å²) in [6, 6.07) is 3.20. The summed E-state index contributed by atoms with van der Waals surface area (Å²) < 4.78 is 13.3. The van der Waals surface area contributed by atoms with Crippen LogP contribution in [-0.2, 0) is 12.8 Å². The van der Waals surface area contributed by atoms with E-state index in [4.69, 9.17) is 5.73 Å². The van der Waals surface area contributed by atoms with Crippen LogP contribution in [0.1, 0.15) is 42.5 Å². The van der Waals surface area contributed by atoms with Gasteiger partial charge >= 0.3 is 0 Å². The topological polar surface area (TPSA) is 26.0 Å². The molecule has 2 heteroatoms. The van der Waals surface area contributed by atoms with Crippen LogP contribution in [0.25, 0.3) is 0 Å². The maximum atomic E-state index is 13.3. The van der Waals surface area contributed by atoms with Gasteiger partial charge in [-0.05, 0) is 61.4 Å². The van der Waals surface area contributed by atoms with E-state index in [1.807, 2.05) is 6.92 Å². The van der Waals surface area contributed by atoms with Gasteiger partial charge < -0.3 is 5.73 Å². The van der Waals surface area contributed by atoms with E-state index in [0.717, 1.165) is 18.4 Å². The summed E-state index contributed by atoms with van der Waals surface area (Å²) in [4.78, 5) is 0. The molecule has 2 rings (SSSR count). The fourth-order valence-electron chi connectivity index (χ4n) is 2.27. The molecule has 0 spiro atoms. The lowest BCUT2D eigenvalue weighted by molar-refractivity contribution is 0.603. The molecule has 14 heavy (non-hydrogen) atoms. The van der Waals surface area contributed by atoms with Crippen molar-refractivity contribution in [1.82, 2.24) is 0 Å². The number of benzene rings is 1. The third kappa shape index (κ3) is 1.67. The summed E-state index contributed by atoms with van der Waals surface area (Å²) >= 11 is 0. The second-order valence-corrected chi connectivity index (χ2v) is 4.13. The minimum Gasteiger partial charge on any atom is -0.324 e. The van der Waals surface area contributed by atoms with E-state index in [2.05, 4.69) is 0 Å². The van der Waals surface area contributed by atoms with Crippen LogP contribution in [0.4, 0.5) is 4.39 Å². The first kappa shape index (κ1) is 9.66. The summed E-state index contributed by atoms with van der Waals surface area (Å²) in [6.07, 6.45) is 4.45. The molecule has 0 unspecified atom stereocenters. The molecule has 1 nitrogen and oxygen atoms in total. The van der Waals surface area contributed by atoms with Crippen molar-refractivity contribution in [3.05, 3.63) is 34.6 Å². The van der Waals surface area contributed by atoms with Crippen LogP contribution in [0.15, 0.2) is 12.1 Å². The molecule has 0 heterocycles. The quantitative estimate of drug-likeness (QED) is 0.729. The van der Waals surface area contributed by atoms with Crippen molar-refractivity contribution < 1.29 is 4.39 Å². The highest BCUT2D eigenvalue weighted by Crippen LogP contribution is 2.28. The van der Waals surface area contributed by atoms with Crippen LogP contribution in [0.5, 0.6) is 0 Å². The molecule has 0 radical (unpaired) electrons. The highest BCUT2D eigenvalue weighted by molar-refractivity contribution is 5.39. The average Bonchev–Trinajstić information content (AvgIpc) is 2.16. The zero-order chi connectivity index (χ0) is 10.1. The maximum Gasteiger partial charge on any atom is 0.123 e. The van der Waals surface area contributed by atoms with Crippen molar-refractivity contribution in [3.8, 4) is 0 Å². The zero-order valence-electron chi connectivity index (χ0n) is 8.52. The van der Waals surface area contributed by atoms with Crippen molar-refractivity contribution in [2.75, 3.05) is 0 Å². The largest absolute Gasteiger partial charge is 0.324 e. The highest BCUT2D eigenvalue weighted by Gasteiger charge is 2.16. The Bertz CT molecular complexity index is 344. The van der Waals surface area contributed by atoms with Crippen LogP contribution in [0, 0.1) is 5.82 Å². The van der Waals surface area contributed by atoms with Crippen molar-refractivity contribution >= 4 is 0 Å². The molecule has 0 amide bonds. The Morgan fingerprint density at radius 2 is 2.00 bits per heavy atom. The first-order valence-electron chi connectivity index (χ1n) is 5.25. The fourth-order valence-corrected chi connectivity index (χ4v) is 2.27. The zero-order valence-corrected chi connectivity index (χ0v) is 8.52. The number of hydrogen-bond acceptors (Lipinski definition) is 1. The van der Waals surface area contributed by atoms with Crippen molar-refractivity contribution in [3.63, 3.8) is 0 Å². The van der Waals surface area contributed by atoms with Gasteiger partial charge in [0.15, 0.2) is 0 Å². The Morgan fingerprint density at radius 1 is 1.29 bits per heavy atom. The van der Waals surface area contributed by atoms with Gasteiger partial charge in [-0.3, -0.25) is 0 Å². The summed E-state index contributed by atoms with van der Waals surface area (Å²) in [5.41, 5.74) is 9.31. The van der Waals surface area contributed by atoms with E-state index in [0.29, 0.717) is 0 Å². The third-order valence-corrected chi connectivity index (χ3v) is 2.96. The van der Waals surface area contributed by atoms with E-state index in [1.165, 1.54) is 24.0 Å². The molecule has 2 N–H and O–H groups in total. The summed E-state index contributed by atoms with van der Waals surface area (Å²) in [5.74, 6) is -0.141. The van der Waals surface area contributed by atoms with E-state index in [-0.39, 0.29) is 11.9 Å². The van der Waals surface area contributed by atoms with Gasteiger partial charge in [-0.15, -0.1) is 0 Å². The van der Waals surface area contributed by atoms with Crippen LogP contribution >= 0.6 is 0 Å². The molecule has 1 aliphatic rings. The van der Waals surface area contributed by atoms with Gasteiger partial charge in [0.2, 0.25) is 0 Å². The Labute approximate surface area is 84.1 Å². The molecule has 0 bridgehead atoms. The number of fused-ring (bicyclic) bond motifs is 1. The van der Waals surface area contributed by atoms with E-state index in [9.17, 15) is 4.39 Å². The van der Waals surface area contributed by atoms with Gasteiger partial charge in [0.05, 0.1) is 0 Å². The van der Waals surface area contributed by atoms with E-state index < -0.39 is 0 Å². The summed E-state index contributed by atoms with van der Waals surface area (Å²) in [6.45, 7) is 1.92. The number of rotatable bonds is 1. The second-order valence-electron chi connectivity index (χ2n) is 4.13. The lowest BCUT2D eigenvalue weighted by atomic mass is 9.86. The summed E-state index contributed by atoms with van der Waals surface area (Å²) in [5, 5.41) is 0. The van der Waals surface area contributed by atoms with Crippen molar-refractivity contribution in [2.45, 2.75) is 38.6 Å². The Balaban J connectivity index is 2.52. The maximum absolute atomic E-state index is 13.3. The number of halogens is 1. The predicted molar refractivity (Wildman–Crippen MR) is 55.6 cm³/mol. The molecule has 1 atom stereocenters. The average molecular weight is 193 g/mol. The standard InChI is InChI=1S/C12H16FN/c1-8(14)12-7-10(13)6-9-4-2-3-5-11(9)12/h6-8H,2-5,14H2,1H3/t8-/m0/s1. The van der Waals surface area contributed by atoms with Crippen LogP contribution in [-0.4, -0.2) is 0 Å². The predicted octanol–water partition coefficient (Wildman–Crippen LogP) is 2.72. The molecule has 0 fully saturated rings. The minimum atomic E-state index is -0.141. The van der Waals surface area contributed by atoms with E-state index >= 15 is 0 Å². The Morgan fingerprint density at radius 3 is 2.71 bits per heavy atom. The first-order valence-corrected chi connectivity index (χ1v) is 5.25. The molecular formula is C12H16FN. The molecule has 0 saturated heterocycles. The molecule has 0 aromatic heterocycles. The SMILES string of the molecule is C[C@H](N)c1cc(F)cc2c1CCCC2. The number of nitrogens with two attached hydrogens (primary N) is 1. The van der Waals surface area contributed by atoms with Crippen molar-refractivity contribution in [2.24, 2.45) is 5.73 Å². The van der Waals surface area contributed by atoms with Gasteiger partial charge in [0.25, 0.3) is 0 Å².